The molecule has 2 saturated carbocycles. The van der Waals surface area contributed by atoms with Crippen LogP contribution in [0.1, 0.15) is 118 Å². The third-order valence-corrected chi connectivity index (χ3v) is 12.1. The lowest BCUT2D eigenvalue weighted by Crippen LogP contribution is -2.52. The van der Waals surface area contributed by atoms with Crippen molar-refractivity contribution in [1.29, 1.82) is 0 Å². The van der Waals surface area contributed by atoms with E-state index in [2.05, 4.69) is 20.6 Å². The second kappa shape index (κ2) is 17.1. The van der Waals surface area contributed by atoms with Crippen LogP contribution in [-0.2, 0) is 19.1 Å². The number of ether oxygens (including phenoxy) is 2. The van der Waals surface area contributed by atoms with E-state index in [4.69, 9.17) is 29.4 Å². The van der Waals surface area contributed by atoms with Crippen molar-refractivity contribution in [2.24, 2.45) is 22.7 Å². The SMILES string of the molecule is CN(C)C(=O)O[C@](C)(CC1CC1)C(=O)N[C@H](c1nc2ccc(-c3cnc(-c4ccc5nc([C@@H](NC(=O)[C@@](C)(CC6CC6)OC(=O)N(C)C)C(C)(C)C)[nH]c5c4)cn3)cc2[nH]1)C(C)(C)C. The molecule has 0 saturated heterocycles. The van der Waals surface area contributed by atoms with Gasteiger partial charge in [-0.05, 0) is 73.6 Å². The summed E-state index contributed by atoms with van der Waals surface area (Å²) in [4.78, 5) is 82.2. The van der Waals surface area contributed by atoms with E-state index in [0.717, 1.165) is 58.9 Å². The lowest BCUT2D eigenvalue weighted by molar-refractivity contribution is -0.142. The van der Waals surface area contributed by atoms with Crippen LogP contribution in [0.15, 0.2) is 48.8 Å². The Labute approximate surface area is 375 Å². The van der Waals surface area contributed by atoms with Crippen molar-refractivity contribution >= 4 is 46.1 Å². The Bertz CT molecular complexity index is 2370. The molecule has 4 N–H and O–H groups in total. The number of fused-ring (bicyclic) bond motifs is 2. The van der Waals surface area contributed by atoms with E-state index in [9.17, 15) is 19.2 Å². The minimum absolute atomic E-state index is 0.339. The molecule has 3 heterocycles. The molecule has 2 fully saturated rings. The van der Waals surface area contributed by atoms with Crippen molar-refractivity contribution in [3.63, 3.8) is 0 Å². The van der Waals surface area contributed by atoms with E-state index in [1.165, 1.54) is 9.80 Å². The minimum atomic E-state index is -1.33. The first-order valence-corrected chi connectivity index (χ1v) is 22.2. The Kier molecular flexibility index (Phi) is 12.3. The van der Waals surface area contributed by atoms with Crippen LogP contribution in [0.5, 0.6) is 0 Å². The Balaban J connectivity index is 1.09. The lowest BCUT2D eigenvalue weighted by Gasteiger charge is -2.35. The summed E-state index contributed by atoms with van der Waals surface area (Å²) in [5.74, 6) is 1.15. The minimum Gasteiger partial charge on any atom is -0.433 e. The number of hydrogen-bond acceptors (Lipinski definition) is 10. The number of H-pyrrole nitrogens is 2. The molecule has 7 rings (SSSR count). The highest BCUT2D eigenvalue weighted by Crippen LogP contribution is 2.42. The van der Waals surface area contributed by atoms with Gasteiger partial charge in [-0.25, -0.2) is 19.6 Å². The average molecular weight is 877 g/mol. The highest BCUT2D eigenvalue weighted by molar-refractivity contribution is 5.89. The topological polar surface area (TPSA) is 200 Å². The fraction of sp³-hybridized carbons (Fsp3) is 0.542. The number of nitrogens with zero attached hydrogens (tertiary/aromatic N) is 6. The van der Waals surface area contributed by atoms with Gasteiger partial charge in [0.2, 0.25) is 0 Å². The van der Waals surface area contributed by atoms with Crippen molar-refractivity contribution in [2.45, 2.75) is 117 Å². The van der Waals surface area contributed by atoms with Crippen LogP contribution in [0.4, 0.5) is 9.59 Å². The fourth-order valence-corrected chi connectivity index (χ4v) is 7.91. The van der Waals surface area contributed by atoms with Gasteiger partial charge in [0.25, 0.3) is 11.8 Å². The standard InChI is InChI=1S/C48H64N10O6/c1-45(2,3)37(55-41(59)47(7,23-27-13-14-27)63-43(61)57(9)10)39-51-31-19-17-29(21-33(31)53-39)35-25-50-36(26-49-35)30-18-20-32-34(22-30)54-40(52-32)38(46(4,5)6)56-42(60)48(8,24-28-15-16-28)64-44(62)58(11)12/h17-22,25-28,37-38H,13-16,23-24H2,1-12H3,(H,51,53)(H,52,54)(H,55,59)(H,56,60)/t37-,38-,47-,48-/m1/s1. The molecule has 4 amide bonds. The van der Waals surface area contributed by atoms with Crippen LogP contribution in [-0.4, -0.2) is 103 Å². The van der Waals surface area contributed by atoms with E-state index < -0.39 is 46.3 Å². The van der Waals surface area contributed by atoms with Crippen molar-refractivity contribution in [3.05, 3.63) is 60.4 Å². The number of benzene rings is 2. The molecule has 2 aliphatic carbocycles. The summed E-state index contributed by atoms with van der Waals surface area (Å²) in [5.41, 5.74) is 2.46. The number of carbonyl (C=O) groups excluding carboxylic acids is 4. The molecule has 2 aliphatic rings. The molecule has 16 heteroatoms. The summed E-state index contributed by atoms with van der Waals surface area (Å²) in [5, 5.41) is 6.37. The van der Waals surface area contributed by atoms with Crippen LogP contribution >= 0.6 is 0 Å². The van der Waals surface area contributed by atoms with Gasteiger partial charge in [0.1, 0.15) is 11.6 Å². The van der Waals surface area contributed by atoms with Gasteiger partial charge in [0.05, 0.1) is 57.9 Å². The number of hydrogen-bond donors (Lipinski definition) is 4. The largest absolute Gasteiger partial charge is 0.433 e. The smallest absolute Gasteiger partial charge is 0.410 e. The molecule has 5 aromatic rings. The molecule has 0 aliphatic heterocycles. The Morgan fingerprint density at radius 2 is 0.984 bits per heavy atom. The predicted molar refractivity (Wildman–Crippen MR) is 245 cm³/mol. The second-order valence-corrected chi connectivity index (χ2v) is 20.8. The molecular weight excluding hydrogens is 813 g/mol. The van der Waals surface area contributed by atoms with Crippen LogP contribution < -0.4 is 10.6 Å². The van der Waals surface area contributed by atoms with Crippen molar-refractivity contribution in [3.8, 4) is 22.5 Å². The molecule has 64 heavy (non-hydrogen) atoms. The van der Waals surface area contributed by atoms with Gasteiger partial charge < -0.3 is 39.9 Å². The first-order chi connectivity index (χ1) is 29.9. The van der Waals surface area contributed by atoms with Crippen molar-refractivity contribution in [1.82, 2.24) is 50.3 Å². The number of aromatic amines is 2. The lowest BCUT2D eigenvalue weighted by atomic mass is 9.85. The van der Waals surface area contributed by atoms with E-state index in [1.807, 2.05) is 77.9 Å². The van der Waals surface area contributed by atoms with Gasteiger partial charge >= 0.3 is 12.2 Å². The molecule has 3 aromatic heterocycles. The van der Waals surface area contributed by atoms with Gasteiger partial charge in [0, 0.05) is 39.3 Å². The third kappa shape index (κ3) is 10.3. The highest BCUT2D eigenvalue weighted by atomic mass is 16.6. The Morgan fingerprint density at radius 3 is 1.28 bits per heavy atom. The van der Waals surface area contributed by atoms with E-state index in [0.29, 0.717) is 47.7 Å². The molecule has 0 radical (unpaired) electrons. The fourth-order valence-electron chi connectivity index (χ4n) is 7.91. The van der Waals surface area contributed by atoms with Crippen LogP contribution in [0.25, 0.3) is 44.6 Å². The summed E-state index contributed by atoms with van der Waals surface area (Å²) in [6, 6.07) is 10.6. The summed E-state index contributed by atoms with van der Waals surface area (Å²) in [6.07, 6.45) is 7.29. The van der Waals surface area contributed by atoms with Gasteiger partial charge in [-0.2, -0.15) is 0 Å². The molecule has 0 unspecified atom stereocenters. The zero-order valence-electron chi connectivity index (χ0n) is 39.3. The maximum atomic E-state index is 14.0. The molecule has 0 bridgehead atoms. The summed E-state index contributed by atoms with van der Waals surface area (Å²) < 4.78 is 11.6. The van der Waals surface area contributed by atoms with Crippen LogP contribution in [0.3, 0.4) is 0 Å². The first kappa shape index (κ1) is 45.9. The van der Waals surface area contributed by atoms with Gasteiger partial charge in [-0.15, -0.1) is 0 Å². The number of carbonyl (C=O) groups is 4. The Morgan fingerprint density at radius 1 is 0.625 bits per heavy atom. The van der Waals surface area contributed by atoms with E-state index in [1.54, 1.807) is 54.4 Å². The van der Waals surface area contributed by atoms with Gasteiger partial charge in [-0.3, -0.25) is 19.6 Å². The quantitative estimate of drug-likeness (QED) is 0.0839. The van der Waals surface area contributed by atoms with Gasteiger partial charge in [-0.1, -0.05) is 79.4 Å². The first-order valence-electron chi connectivity index (χ1n) is 22.2. The van der Waals surface area contributed by atoms with Crippen molar-refractivity contribution < 1.29 is 28.7 Å². The van der Waals surface area contributed by atoms with Gasteiger partial charge in [0.15, 0.2) is 11.2 Å². The van der Waals surface area contributed by atoms with E-state index in [-0.39, 0.29) is 11.8 Å². The number of rotatable bonds is 14. The zero-order valence-corrected chi connectivity index (χ0v) is 39.3. The third-order valence-electron chi connectivity index (χ3n) is 12.1. The van der Waals surface area contributed by atoms with E-state index >= 15 is 0 Å². The summed E-state index contributed by atoms with van der Waals surface area (Å²) >= 11 is 0. The van der Waals surface area contributed by atoms with Crippen LogP contribution in [0, 0.1) is 22.7 Å². The molecule has 2 aromatic carbocycles. The monoisotopic (exact) mass is 877 g/mol. The maximum absolute atomic E-state index is 14.0. The molecule has 16 nitrogen and oxygen atoms in total. The van der Waals surface area contributed by atoms with Crippen molar-refractivity contribution in [2.75, 3.05) is 28.2 Å². The maximum Gasteiger partial charge on any atom is 0.410 e. The number of amides is 4. The summed E-state index contributed by atoms with van der Waals surface area (Å²) in [7, 11) is 6.41. The normalized spacial score (nSPS) is 17.2. The van der Waals surface area contributed by atoms with Crippen LogP contribution in [0.2, 0.25) is 0 Å². The summed E-state index contributed by atoms with van der Waals surface area (Å²) in [6.45, 7) is 15.6. The number of imidazole rings is 2. The zero-order chi connectivity index (χ0) is 46.5. The average Bonchev–Trinajstić information content (AvgIpc) is 4.13. The number of nitrogens with one attached hydrogen (secondary N) is 4. The Hall–Kier alpha value is -6.06. The number of aromatic nitrogens is 6. The molecule has 0 spiro atoms. The molecular formula is C48H64N10O6. The predicted octanol–water partition coefficient (Wildman–Crippen LogP) is 8.48. The highest BCUT2D eigenvalue weighted by Gasteiger charge is 2.47. The molecule has 4 atom stereocenters. The second-order valence-electron chi connectivity index (χ2n) is 20.8. The molecule has 342 valence electrons.